The fraction of sp³-hybridized carbons (Fsp3) is 0.562. The second kappa shape index (κ2) is 7.39. The van der Waals surface area contributed by atoms with Crippen LogP contribution < -0.4 is 14.2 Å². The molecule has 1 aromatic rings. The summed E-state index contributed by atoms with van der Waals surface area (Å²) < 4.78 is 36.2. The van der Waals surface area contributed by atoms with Gasteiger partial charge in [0.15, 0.2) is 11.5 Å². The van der Waals surface area contributed by atoms with E-state index in [0.717, 1.165) is 25.5 Å². The maximum absolute atomic E-state index is 13.0. The monoisotopic (exact) mass is 388 g/mol. The number of nitrogens with one attached hydrogen (secondary N) is 1. The number of rotatable bonds is 4. The van der Waals surface area contributed by atoms with Crippen LogP contribution in [-0.4, -0.2) is 57.8 Å². The maximum Gasteiger partial charge on any atom is 0.254 e. The predicted molar refractivity (Wildman–Crippen MR) is 94.0 cm³/mol. The molecule has 1 saturated heterocycles. The van der Waals surface area contributed by atoms with Gasteiger partial charge >= 0.3 is 0 Å². The topological polar surface area (TPSA) is 84.9 Å². The first-order chi connectivity index (χ1) is 11.8. The highest BCUT2D eigenvalue weighted by Crippen LogP contribution is 2.38. The van der Waals surface area contributed by atoms with Gasteiger partial charge < -0.3 is 14.4 Å². The van der Waals surface area contributed by atoms with Gasteiger partial charge in [0.25, 0.3) is 5.91 Å². The molecule has 9 heteroatoms. The quantitative estimate of drug-likeness (QED) is 0.847. The molecular weight excluding hydrogens is 368 g/mol. The number of ether oxygens (including phenoxy) is 2. The Hall–Kier alpha value is -1.51. The van der Waals surface area contributed by atoms with Gasteiger partial charge in [0, 0.05) is 24.7 Å². The Morgan fingerprint density at radius 1 is 1.32 bits per heavy atom. The van der Waals surface area contributed by atoms with Crippen LogP contribution in [0, 0.1) is 0 Å². The second-order valence-corrected chi connectivity index (χ2v) is 8.49. The van der Waals surface area contributed by atoms with Crippen LogP contribution in [0.15, 0.2) is 12.1 Å². The highest BCUT2D eigenvalue weighted by molar-refractivity contribution is 7.88. The van der Waals surface area contributed by atoms with Crippen LogP contribution in [0.25, 0.3) is 0 Å². The number of piperidine rings is 1. The van der Waals surface area contributed by atoms with Crippen molar-refractivity contribution in [1.29, 1.82) is 0 Å². The summed E-state index contributed by atoms with van der Waals surface area (Å²) in [6.07, 6.45) is 3.72. The van der Waals surface area contributed by atoms with Gasteiger partial charge in [-0.25, -0.2) is 13.1 Å². The maximum atomic E-state index is 13.0. The molecule has 1 aromatic carbocycles. The van der Waals surface area contributed by atoms with Crippen molar-refractivity contribution in [2.75, 3.05) is 32.6 Å². The third-order valence-electron chi connectivity index (χ3n) is 4.31. The Bertz CT molecular complexity index is 768. The van der Waals surface area contributed by atoms with E-state index in [1.165, 1.54) is 0 Å². The molecule has 1 atom stereocenters. The molecule has 7 nitrogen and oxygen atoms in total. The van der Waals surface area contributed by atoms with E-state index in [2.05, 4.69) is 4.72 Å². The molecule has 1 fully saturated rings. The van der Waals surface area contributed by atoms with Gasteiger partial charge in [0.2, 0.25) is 10.0 Å². The number of amides is 1. The third kappa shape index (κ3) is 4.37. The molecule has 25 heavy (non-hydrogen) atoms. The largest absolute Gasteiger partial charge is 0.486 e. The van der Waals surface area contributed by atoms with Crippen LogP contribution in [0.2, 0.25) is 5.02 Å². The van der Waals surface area contributed by atoms with E-state index in [1.807, 2.05) is 0 Å². The van der Waals surface area contributed by atoms with Crippen LogP contribution in [0.1, 0.15) is 29.6 Å². The summed E-state index contributed by atoms with van der Waals surface area (Å²) >= 11 is 6.22. The lowest BCUT2D eigenvalue weighted by molar-refractivity contribution is 0.0617. The summed E-state index contributed by atoms with van der Waals surface area (Å²) in [4.78, 5) is 14.7. The number of carbonyl (C=O) groups is 1. The standard InChI is InChI=1S/C16H21ClN2O5S/c1-25(21,22)18-10-12-4-2-3-5-19(12)16(20)11-8-13(17)15-14(9-11)23-6-7-24-15/h8-9,12,18H,2-7,10H2,1H3/t12-/m1/s1. The first-order valence-electron chi connectivity index (χ1n) is 8.20. The van der Waals surface area contributed by atoms with Gasteiger partial charge in [-0.05, 0) is 31.4 Å². The van der Waals surface area contributed by atoms with Crippen LogP contribution in [0.4, 0.5) is 0 Å². The minimum Gasteiger partial charge on any atom is -0.486 e. The predicted octanol–water partition coefficient (Wildman–Crippen LogP) is 1.66. The van der Waals surface area contributed by atoms with Gasteiger partial charge in [0.1, 0.15) is 13.2 Å². The number of sulfonamides is 1. The average molecular weight is 389 g/mol. The second-order valence-electron chi connectivity index (χ2n) is 6.25. The molecule has 0 unspecified atom stereocenters. The average Bonchev–Trinajstić information content (AvgIpc) is 2.59. The first-order valence-corrected chi connectivity index (χ1v) is 10.5. The van der Waals surface area contributed by atoms with Crippen molar-refractivity contribution < 1.29 is 22.7 Å². The molecule has 2 heterocycles. The minimum absolute atomic E-state index is 0.178. The zero-order valence-electron chi connectivity index (χ0n) is 14.0. The van der Waals surface area contributed by atoms with Crippen LogP contribution in [0.5, 0.6) is 11.5 Å². The number of hydrogen-bond donors (Lipinski definition) is 1. The van der Waals surface area contributed by atoms with Crippen molar-refractivity contribution in [1.82, 2.24) is 9.62 Å². The van der Waals surface area contributed by atoms with Crippen molar-refractivity contribution in [3.63, 3.8) is 0 Å². The zero-order valence-corrected chi connectivity index (χ0v) is 15.5. The molecular formula is C16H21ClN2O5S. The number of fused-ring (bicyclic) bond motifs is 1. The molecule has 0 saturated carbocycles. The molecule has 1 amide bonds. The molecule has 0 aromatic heterocycles. The Kier molecular flexibility index (Phi) is 5.41. The lowest BCUT2D eigenvalue weighted by Crippen LogP contribution is -2.49. The molecule has 2 aliphatic heterocycles. The van der Waals surface area contributed by atoms with E-state index in [9.17, 15) is 13.2 Å². The Morgan fingerprint density at radius 2 is 2.08 bits per heavy atom. The fourth-order valence-corrected chi connectivity index (χ4v) is 3.89. The van der Waals surface area contributed by atoms with Gasteiger partial charge in [0.05, 0.1) is 11.3 Å². The minimum atomic E-state index is -3.30. The van der Waals surface area contributed by atoms with E-state index in [4.69, 9.17) is 21.1 Å². The SMILES string of the molecule is CS(=O)(=O)NC[C@H]1CCCCN1C(=O)c1cc(Cl)c2c(c1)OCCO2. The highest BCUT2D eigenvalue weighted by atomic mass is 35.5. The number of benzene rings is 1. The van der Waals surface area contributed by atoms with Gasteiger partial charge in [-0.3, -0.25) is 4.79 Å². The van der Waals surface area contributed by atoms with Crippen molar-refractivity contribution in [2.24, 2.45) is 0 Å². The summed E-state index contributed by atoms with van der Waals surface area (Å²) in [5, 5.41) is 0.336. The van der Waals surface area contributed by atoms with Gasteiger partial charge in [-0.2, -0.15) is 0 Å². The Morgan fingerprint density at radius 3 is 2.84 bits per heavy atom. The highest BCUT2D eigenvalue weighted by Gasteiger charge is 2.29. The first kappa shape index (κ1) is 18.3. The number of carbonyl (C=O) groups excluding carboxylic acids is 1. The lowest BCUT2D eigenvalue weighted by Gasteiger charge is -2.36. The van der Waals surface area contributed by atoms with E-state index < -0.39 is 10.0 Å². The summed E-state index contributed by atoms with van der Waals surface area (Å²) in [7, 11) is -3.30. The van der Waals surface area contributed by atoms with Crippen molar-refractivity contribution in [3.05, 3.63) is 22.7 Å². The van der Waals surface area contributed by atoms with E-state index in [-0.39, 0.29) is 18.5 Å². The number of nitrogens with zero attached hydrogens (tertiary/aromatic N) is 1. The molecule has 0 bridgehead atoms. The smallest absolute Gasteiger partial charge is 0.254 e. The Balaban J connectivity index is 1.81. The number of halogens is 1. The van der Waals surface area contributed by atoms with Crippen molar-refractivity contribution in [3.8, 4) is 11.5 Å². The van der Waals surface area contributed by atoms with Crippen LogP contribution >= 0.6 is 11.6 Å². The number of hydrogen-bond acceptors (Lipinski definition) is 5. The normalized spacial score (nSPS) is 20.4. The van der Waals surface area contributed by atoms with Crippen molar-refractivity contribution >= 4 is 27.5 Å². The van der Waals surface area contributed by atoms with Crippen molar-refractivity contribution in [2.45, 2.75) is 25.3 Å². The fourth-order valence-electron chi connectivity index (χ4n) is 3.13. The molecule has 1 N–H and O–H groups in total. The third-order valence-corrected chi connectivity index (χ3v) is 5.28. The van der Waals surface area contributed by atoms with E-state index >= 15 is 0 Å². The van der Waals surface area contributed by atoms with E-state index in [0.29, 0.717) is 41.8 Å². The molecule has 138 valence electrons. The summed E-state index contributed by atoms with van der Waals surface area (Å²) in [5.41, 5.74) is 0.417. The summed E-state index contributed by atoms with van der Waals surface area (Å²) in [6.45, 7) is 1.63. The zero-order chi connectivity index (χ0) is 18.0. The van der Waals surface area contributed by atoms with E-state index in [1.54, 1.807) is 17.0 Å². The molecule has 0 radical (unpaired) electrons. The number of likely N-dealkylation sites (tertiary alicyclic amines) is 1. The lowest BCUT2D eigenvalue weighted by atomic mass is 10.0. The Labute approximate surface area is 152 Å². The molecule has 3 rings (SSSR count). The summed E-state index contributed by atoms with van der Waals surface area (Å²) in [6, 6.07) is 3.04. The molecule has 2 aliphatic rings. The summed E-state index contributed by atoms with van der Waals surface area (Å²) in [5.74, 6) is 0.738. The van der Waals surface area contributed by atoms with Crippen LogP contribution in [-0.2, 0) is 10.0 Å². The van der Waals surface area contributed by atoms with Gasteiger partial charge in [-0.15, -0.1) is 0 Å². The van der Waals surface area contributed by atoms with Crippen LogP contribution in [0.3, 0.4) is 0 Å². The molecule has 0 spiro atoms. The molecule has 0 aliphatic carbocycles. The van der Waals surface area contributed by atoms with Gasteiger partial charge in [-0.1, -0.05) is 11.6 Å².